The zero-order valence-corrected chi connectivity index (χ0v) is 19.0. The summed E-state index contributed by atoms with van der Waals surface area (Å²) in [5, 5.41) is 0. The van der Waals surface area contributed by atoms with Gasteiger partial charge in [0, 0.05) is 16.7 Å². The summed E-state index contributed by atoms with van der Waals surface area (Å²) in [6, 6.07) is 12.2. The van der Waals surface area contributed by atoms with Crippen LogP contribution in [0.3, 0.4) is 0 Å². The van der Waals surface area contributed by atoms with Gasteiger partial charge in [-0.3, -0.25) is 0 Å². The number of hydrogen-bond donors (Lipinski definition) is 0. The molecule has 1 nitrogen and oxygen atoms in total. The van der Waals surface area contributed by atoms with Gasteiger partial charge in [-0.1, -0.05) is 68.5 Å². The molecule has 3 aromatic rings. The predicted octanol–water partition coefficient (Wildman–Crippen LogP) is 8.74. The van der Waals surface area contributed by atoms with E-state index in [1.165, 1.54) is 18.2 Å². The maximum Gasteiger partial charge on any atom is 0.201 e. The van der Waals surface area contributed by atoms with E-state index < -0.39 is 23.3 Å². The second kappa shape index (κ2) is 10.3. The van der Waals surface area contributed by atoms with E-state index >= 15 is 0 Å². The van der Waals surface area contributed by atoms with Crippen molar-refractivity contribution in [3.8, 4) is 28.0 Å². The van der Waals surface area contributed by atoms with E-state index in [9.17, 15) is 17.6 Å². The van der Waals surface area contributed by atoms with Crippen molar-refractivity contribution in [1.82, 2.24) is 0 Å². The largest absolute Gasteiger partial charge is 0.486 e. The maximum atomic E-state index is 15.0. The van der Waals surface area contributed by atoms with Crippen molar-refractivity contribution < 1.29 is 22.3 Å². The summed E-state index contributed by atoms with van der Waals surface area (Å²) < 4.78 is 64.0. The zero-order valence-electron chi connectivity index (χ0n) is 19.0. The minimum Gasteiger partial charge on any atom is -0.486 e. The number of ether oxygens (including phenoxy) is 1. The fourth-order valence-electron chi connectivity index (χ4n) is 4.37. The monoisotopic (exact) mass is 466 g/mol. The minimum atomic E-state index is -1.09. The first kappa shape index (κ1) is 23.8. The summed E-state index contributed by atoms with van der Waals surface area (Å²) in [4.78, 5) is 0. The van der Waals surface area contributed by atoms with Gasteiger partial charge in [0.05, 0.1) is 0 Å². The molecule has 0 heterocycles. The first-order chi connectivity index (χ1) is 16.4. The van der Waals surface area contributed by atoms with E-state index in [1.807, 2.05) is 6.08 Å². The summed E-state index contributed by atoms with van der Waals surface area (Å²) in [5.74, 6) is -3.50. The van der Waals surface area contributed by atoms with Crippen LogP contribution in [-0.2, 0) is 0 Å². The Hall–Kier alpha value is -3.34. The third-order valence-electron chi connectivity index (χ3n) is 6.44. The molecule has 3 aromatic carbocycles. The maximum absolute atomic E-state index is 15.0. The average Bonchev–Trinajstić information content (AvgIpc) is 2.87. The highest BCUT2D eigenvalue weighted by atomic mass is 19.2. The predicted molar refractivity (Wildman–Crippen MR) is 128 cm³/mol. The summed E-state index contributed by atoms with van der Waals surface area (Å²) in [5.41, 5.74) is 2.18. The van der Waals surface area contributed by atoms with Crippen LogP contribution in [0.1, 0.15) is 38.2 Å². The molecule has 1 aliphatic rings. The lowest BCUT2D eigenvalue weighted by atomic mass is 9.84. The molecule has 5 heteroatoms. The van der Waals surface area contributed by atoms with Crippen LogP contribution in [0, 0.1) is 29.2 Å². The van der Waals surface area contributed by atoms with Gasteiger partial charge in [-0.2, -0.15) is 4.39 Å². The van der Waals surface area contributed by atoms with E-state index in [1.54, 1.807) is 36.4 Å². The van der Waals surface area contributed by atoms with Crippen LogP contribution in [0.25, 0.3) is 27.8 Å². The van der Waals surface area contributed by atoms with Crippen molar-refractivity contribution >= 4 is 5.57 Å². The van der Waals surface area contributed by atoms with Crippen LogP contribution >= 0.6 is 0 Å². The van der Waals surface area contributed by atoms with Crippen LogP contribution in [0.2, 0.25) is 0 Å². The standard InChI is InChI=1S/C29H26F4O/c1-3-17-34-25-16-15-24(28(32)29(25)33)21-11-9-20(10-12-21)23-14-13-22(26(30)27(23)31)19-7-5-18(4-2)6-8-19/h3,7,9-16,18H,1,4-6,8,17H2,2H3. The number of rotatable bonds is 7. The number of hydrogen-bond acceptors (Lipinski definition) is 1. The van der Waals surface area contributed by atoms with Crippen molar-refractivity contribution in [2.75, 3.05) is 6.61 Å². The topological polar surface area (TPSA) is 9.23 Å². The minimum absolute atomic E-state index is 0.0478. The van der Waals surface area contributed by atoms with E-state index in [0.29, 0.717) is 22.6 Å². The highest BCUT2D eigenvalue weighted by Gasteiger charge is 2.21. The molecule has 0 aromatic heterocycles. The van der Waals surface area contributed by atoms with Crippen LogP contribution in [0.4, 0.5) is 17.6 Å². The van der Waals surface area contributed by atoms with Crippen LogP contribution < -0.4 is 4.74 Å². The molecule has 0 saturated heterocycles. The SMILES string of the molecule is C=CCOc1ccc(-c2ccc(-c3ccc(C4=CCC(CC)CC4)c(F)c3F)cc2)c(F)c1F. The first-order valence-corrected chi connectivity index (χ1v) is 11.4. The zero-order chi connectivity index (χ0) is 24.2. The van der Waals surface area contributed by atoms with Gasteiger partial charge in [0.15, 0.2) is 23.2 Å². The number of halogens is 4. The summed E-state index contributed by atoms with van der Waals surface area (Å²) in [6.45, 7) is 5.68. The highest BCUT2D eigenvalue weighted by molar-refractivity contribution is 5.74. The van der Waals surface area contributed by atoms with Crippen molar-refractivity contribution in [3.63, 3.8) is 0 Å². The molecule has 0 fully saturated rings. The van der Waals surface area contributed by atoms with Crippen molar-refractivity contribution in [1.29, 1.82) is 0 Å². The van der Waals surface area contributed by atoms with E-state index in [2.05, 4.69) is 13.5 Å². The number of allylic oxidation sites excluding steroid dienone is 2. The lowest BCUT2D eigenvalue weighted by Gasteiger charge is -2.21. The van der Waals surface area contributed by atoms with Crippen molar-refractivity contribution in [3.05, 3.63) is 96.1 Å². The fourth-order valence-corrected chi connectivity index (χ4v) is 4.37. The van der Waals surface area contributed by atoms with Crippen LogP contribution in [0.5, 0.6) is 5.75 Å². The van der Waals surface area contributed by atoms with Gasteiger partial charge >= 0.3 is 0 Å². The Balaban J connectivity index is 1.60. The van der Waals surface area contributed by atoms with Gasteiger partial charge in [0.1, 0.15) is 6.61 Å². The molecule has 1 atom stereocenters. The molecule has 0 aliphatic heterocycles. The van der Waals surface area contributed by atoms with E-state index in [4.69, 9.17) is 4.74 Å². The summed E-state index contributed by atoms with van der Waals surface area (Å²) in [6.07, 6.45) is 7.14. The second-order valence-corrected chi connectivity index (χ2v) is 8.48. The van der Waals surface area contributed by atoms with Gasteiger partial charge in [0.25, 0.3) is 0 Å². The molecule has 0 amide bonds. The Morgan fingerprint density at radius 1 is 0.824 bits per heavy atom. The quantitative estimate of drug-likeness (QED) is 0.250. The summed E-state index contributed by atoms with van der Waals surface area (Å²) in [7, 11) is 0. The lowest BCUT2D eigenvalue weighted by Crippen LogP contribution is -2.06. The van der Waals surface area contributed by atoms with Gasteiger partial charge in [0.2, 0.25) is 5.82 Å². The molecule has 1 unspecified atom stereocenters. The first-order valence-electron chi connectivity index (χ1n) is 11.4. The molecule has 176 valence electrons. The molecule has 34 heavy (non-hydrogen) atoms. The molecule has 0 saturated carbocycles. The number of benzene rings is 3. The Morgan fingerprint density at radius 2 is 1.38 bits per heavy atom. The molecular formula is C29H26F4O. The van der Waals surface area contributed by atoms with E-state index in [-0.39, 0.29) is 23.5 Å². The Labute approximate surface area is 197 Å². The molecular weight excluding hydrogens is 440 g/mol. The lowest BCUT2D eigenvalue weighted by molar-refractivity contribution is 0.333. The molecule has 0 spiro atoms. The normalized spacial score (nSPS) is 15.7. The average molecular weight is 467 g/mol. The Kier molecular flexibility index (Phi) is 7.20. The third kappa shape index (κ3) is 4.65. The smallest absolute Gasteiger partial charge is 0.201 e. The second-order valence-electron chi connectivity index (χ2n) is 8.48. The van der Waals surface area contributed by atoms with Gasteiger partial charge < -0.3 is 4.74 Å². The molecule has 4 rings (SSSR count). The van der Waals surface area contributed by atoms with Gasteiger partial charge in [-0.05, 0) is 54.0 Å². The van der Waals surface area contributed by atoms with E-state index in [0.717, 1.165) is 31.3 Å². The van der Waals surface area contributed by atoms with Gasteiger partial charge in [-0.25, -0.2) is 13.2 Å². The third-order valence-corrected chi connectivity index (χ3v) is 6.44. The summed E-state index contributed by atoms with van der Waals surface area (Å²) >= 11 is 0. The molecule has 1 aliphatic carbocycles. The van der Waals surface area contributed by atoms with Crippen LogP contribution in [-0.4, -0.2) is 6.61 Å². The Bertz CT molecular complexity index is 1230. The molecule has 0 bridgehead atoms. The van der Waals surface area contributed by atoms with Crippen molar-refractivity contribution in [2.45, 2.75) is 32.6 Å². The van der Waals surface area contributed by atoms with Crippen molar-refractivity contribution in [2.24, 2.45) is 5.92 Å². The molecule has 0 radical (unpaired) electrons. The highest BCUT2D eigenvalue weighted by Crippen LogP contribution is 2.36. The van der Waals surface area contributed by atoms with Crippen LogP contribution in [0.15, 0.2) is 67.3 Å². The van der Waals surface area contributed by atoms with Gasteiger partial charge in [-0.15, -0.1) is 0 Å². The Morgan fingerprint density at radius 3 is 1.94 bits per heavy atom. The fraction of sp³-hybridized carbons (Fsp3) is 0.241. The molecule has 0 N–H and O–H groups in total.